The summed E-state index contributed by atoms with van der Waals surface area (Å²) in [7, 11) is 0. The van der Waals surface area contributed by atoms with Gasteiger partial charge >= 0.3 is 0 Å². The van der Waals surface area contributed by atoms with E-state index in [9.17, 15) is 4.39 Å². The molecule has 0 spiro atoms. The average molecular weight is 369 g/mol. The molecule has 2 unspecified atom stereocenters. The van der Waals surface area contributed by atoms with Gasteiger partial charge in [-0.25, -0.2) is 4.39 Å². The van der Waals surface area contributed by atoms with Crippen molar-refractivity contribution in [3.8, 4) is 0 Å². The van der Waals surface area contributed by atoms with Crippen molar-refractivity contribution in [2.45, 2.75) is 18.3 Å². The molecule has 110 valence electrons. The largest absolute Gasteiger partial charge is 0.316 e. The maximum Gasteiger partial charge on any atom is 0.128 e. The third-order valence-electron chi connectivity index (χ3n) is 4.15. The second-order valence-corrected chi connectivity index (χ2v) is 6.72. The van der Waals surface area contributed by atoms with E-state index in [2.05, 4.69) is 33.4 Å². The lowest BCUT2D eigenvalue weighted by Crippen LogP contribution is -2.34. The first kappa shape index (κ1) is 15.0. The van der Waals surface area contributed by atoms with E-state index in [4.69, 9.17) is 11.6 Å². The molecule has 2 atom stereocenters. The van der Waals surface area contributed by atoms with Crippen LogP contribution in [-0.4, -0.2) is 13.1 Å². The van der Waals surface area contributed by atoms with E-state index < -0.39 is 0 Å². The Bertz CT molecular complexity index is 609. The van der Waals surface area contributed by atoms with Gasteiger partial charge in [-0.15, -0.1) is 0 Å². The lowest BCUT2D eigenvalue weighted by molar-refractivity contribution is 0.393. The van der Waals surface area contributed by atoms with Crippen LogP contribution in [0.1, 0.15) is 29.4 Å². The number of rotatable bonds is 2. The minimum Gasteiger partial charge on any atom is -0.316 e. The van der Waals surface area contributed by atoms with Crippen molar-refractivity contribution in [2.75, 3.05) is 13.1 Å². The van der Waals surface area contributed by atoms with Crippen molar-refractivity contribution in [1.29, 1.82) is 0 Å². The molecule has 0 saturated carbocycles. The number of hydrogen-bond donors (Lipinski definition) is 1. The smallest absolute Gasteiger partial charge is 0.128 e. The topological polar surface area (TPSA) is 12.0 Å². The van der Waals surface area contributed by atoms with Crippen LogP contribution in [0.15, 0.2) is 46.9 Å². The quantitative estimate of drug-likeness (QED) is 0.777. The minimum atomic E-state index is -0.198. The van der Waals surface area contributed by atoms with E-state index in [1.165, 1.54) is 11.6 Å². The van der Waals surface area contributed by atoms with Gasteiger partial charge < -0.3 is 5.32 Å². The third-order valence-corrected chi connectivity index (χ3v) is 5.01. The van der Waals surface area contributed by atoms with Crippen molar-refractivity contribution in [2.24, 2.45) is 0 Å². The molecule has 1 fully saturated rings. The molecule has 1 saturated heterocycles. The standard InChI is InChI=1S/C17H16BrClFN/c18-12-6-4-11(5-7-12)14-10-21-9-8-13(14)17-15(19)2-1-3-16(17)20/h1-7,13-14,21H,8-10H2. The third kappa shape index (κ3) is 3.15. The van der Waals surface area contributed by atoms with Crippen LogP contribution in [0.4, 0.5) is 4.39 Å². The van der Waals surface area contributed by atoms with Gasteiger partial charge in [-0.2, -0.15) is 0 Å². The first-order valence-electron chi connectivity index (χ1n) is 7.07. The van der Waals surface area contributed by atoms with Gasteiger partial charge in [-0.1, -0.05) is 45.7 Å². The molecule has 21 heavy (non-hydrogen) atoms. The second kappa shape index (κ2) is 6.47. The van der Waals surface area contributed by atoms with Crippen LogP contribution in [0.25, 0.3) is 0 Å². The summed E-state index contributed by atoms with van der Waals surface area (Å²) in [5.74, 6) is 0.152. The zero-order valence-electron chi connectivity index (χ0n) is 11.5. The fourth-order valence-corrected chi connectivity index (χ4v) is 3.70. The lowest BCUT2D eigenvalue weighted by atomic mass is 9.77. The molecule has 1 heterocycles. The zero-order valence-corrected chi connectivity index (χ0v) is 13.8. The van der Waals surface area contributed by atoms with E-state index in [1.807, 2.05) is 12.1 Å². The summed E-state index contributed by atoms with van der Waals surface area (Å²) < 4.78 is 15.3. The van der Waals surface area contributed by atoms with E-state index in [1.54, 1.807) is 12.1 Å². The Hall–Kier alpha value is -0.900. The molecule has 3 rings (SSSR count). The van der Waals surface area contributed by atoms with Gasteiger partial charge in [0.2, 0.25) is 0 Å². The summed E-state index contributed by atoms with van der Waals surface area (Å²) in [6.45, 7) is 1.74. The highest BCUT2D eigenvalue weighted by atomic mass is 79.9. The summed E-state index contributed by atoms with van der Waals surface area (Å²) in [6.07, 6.45) is 0.890. The van der Waals surface area contributed by atoms with E-state index in [-0.39, 0.29) is 17.7 Å². The normalized spacial score (nSPS) is 22.2. The Morgan fingerprint density at radius 2 is 1.86 bits per heavy atom. The van der Waals surface area contributed by atoms with Gasteiger partial charge in [-0.3, -0.25) is 0 Å². The maximum atomic E-state index is 14.3. The van der Waals surface area contributed by atoms with Crippen molar-refractivity contribution in [3.05, 3.63) is 68.9 Å². The molecule has 1 N–H and O–H groups in total. The summed E-state index contributed by atoms with van der Waals surface area (Å²) in [4.78, 5) is 0. The lowest BCUT2D eigenvalue weighted by Gasteiger charge is -2.33. The molecule has 0 aromatic heterocycles. The Morgan fingerprint density at radius 1 is 1.10 bits per heavy atom. The van der Waals surface area contributed by atoms with Crippen molar-refractivity contribution >= 4 is 27.5 Å². The van der Waals surface area contributed by atoms with Gasteiger partial charge in [0.1, 0.15) is 5.82 Å². The highest BCUT2D eigenvalue weighted by Gasteiger charge is 2.31. The number of halogens is 3. The van der Waals surface area contributed by atoms with Gasteiger partial charge in [0, 0.05) is 27.5 Å². The average Bonchev–Trinajstić information content (AvgIpc) is 2.48. The highest BCUT2D eigenvalue weighted by Crippen LogP contribution is 2.41. The molecule has 1 aliphatic heterocycles. The van der Waals surface area contributed by atoms with Crippen molar-refractivity contribution in [3.63, 3.8) is 0 Å². The van der Waals surface area contributed by atoms with Gasteiger partial charge in [0.15, 0.2) is 0 Å². The molecule has 2 aromatic carbocycles. The molecule has 0 amide bonds. The molecule has 0 radical (unpaired) electrons. The van der Waals surface area contributed by atoms with Crippen LogP contribution in [-0.2, 0) is 0 Å². The first-order valence-corrected chi connectivity index (χ1v) is 8.24. The Balaban J connectivity index is 2.00. The van der Waals surface area contributed by atoms with Gasteiger partial charge in [0.05, 0.1) is 0 Å². The van der Waals surface area contributed by atoms with Crippen molar-refractivity contribution in [1.82, 2.24) is 5.32 Å². The van der Waals surface area contributed by atoms with E-state index in [0.29, 0.717) is 10.6 Å². The number of piperidine rings is 1. The first-order chi connectivity index (χ1) is 10.2. The van der Waals surface area contributed by atoms with E-state index in [0.717, 1.165) is 24.0 Å². The molecular weight excluding hydrogens is 353 g/mol. The Labute approximate surface area is 137 Å². The van der Waals surface area contributed by atoms with Crippen LogP contribution in [0.2, 0.25) is 5.02 Å². The fourth-order valence-electron chi connectivity index (χ4n) is 3.13. The van der Waals surface area contributed by atoms with Crippen molar-refractivity contribution < 1.29 is 4.39 Å². The molecule has 1 aliphatic rings. The maximum absolute atomic E-state index is 14.3. The highest BCUT2D eigenvalue weighted by molar-refractivity contribution is 9.10. The molecular formula is C17H16BrClFN. The summed E-state index contributed by atoms with van der Waals surface area (Å²) in [6, 6.07) is 13.2. The number of nitrogens with one attached hydrogen (secondary N) is 1. The SMILES string of the molecule is Fc1cccc(Cl)c1C1CCNCC1c1ccc(Br)cc1. The number of hydrogen-bond acceptors (Lipinski definition) is 1. The molecule has 2 aromatic rings. The molecule has 0 bridgehead atoms. The molecule has 1 nitrogen and oxygen atoms in total. The Kier molecular flexibility index (Phi) is 4.63. The predicted octanol–water partition coefficient (Wildman–Crippen LogP) is 5.10. The molecule has 0 aliphatic carbocycles. The van der Waals surface area contributed by atoms with Crippen LogP contribution in [0.5, 0.6) is 0 Å². The van der Waals surface area contributed by atoms with Crippen LogP contribution in [0.3, 0.4) is 0 Å². The van der Waals surface area contributed by atoms with Crippen LogP contribution >= 0.6 is 27.5 Å². The summed E-state index contributed by atoms with van der Waals surface area (Å²) >= 11 is 9.73. The molecule has 4 heteroatoms. The summed E-state index contributed by atoms with van der Waals surface area (Å²) in [5, 5.41) is 3.94. The minimum absolute atomic E-state index is 0.112. The second-order valence-electron chi connectivity index (χ2n) is 5.39. The summed E-state index contributed by atoms with van der Waals surface area (Å²) in [5.41, 5.74) is 1.88. The Morgan fingerprint density at radius 3 is 2.57 bits per heavy atom. The fraction of sp³-hybridized carbons (Fsp3) is 0.294. The predicted molar refractivity (Wildman–Crippen MR) is 88.5 cm³/mol. The zero-order chi connectivity index (χ0) is 14.8. The van der Waals surface area contributed by atoms with Gasteiger partial charge in [-0.05, 0) is 48.7 Å². The monoisotopic (exact) mass is 367 g/mol. The van der Waals surface area contributed by atoms with E-state index >= 15 is 0 Å². The van der Waals surface area contributed by atoms with Crippen LogP contribution in [0, 0.1) is 5.82 Å². The van der Waals surface area contributed by atoms with Gasteiger partial charge in [0.25, 0.3) is 0 Å². The number of benzene rings is 2. The van der Waals surface area contributed by atoms with Crippen LogP contribution < -0.4 is 5.32 Å².